The fourth-order valence-electron chi connectivity index (χ4n) is 3.15. The third-order valence-corrected chi connectivity index (χ3v) is 4.32. The Morgan fingerprint density at radius 1 is 1.33 bits per heavy atom. The van der Waals surface area contributed by atoms with Crippen LogP contribution < -0.4 is 0 Å². The first-order valence-corrected chi connectivity index (χ1v) is 7.03. The lowest BCUT2D eigenvalue weighted by molar-refractivity contribution is -0.131. The second kappa shape index (κ2) is 5.70. The molecule has 2 heterocycles. The summed E-state index contributed by atoms with van der Waals surface area (Å²) in [5.74, 6) is 1.09. The maximum absolute atomic E-state index is 12.7. The molecule has 1 aromatic rings. The van der Waals surface area contributed by atoms with Crippen molar-refractivity contribution in [2.75, 3.05) is 13.1 Å². The number of carbonyl (C=O) groups is 1. The Labute approximate surface area is 109 Å². The van der Waals surface area contributed by atoms with Crippen LogP contribution in [-0.4, -0.2) is 29.3 Å². The van der Waals surface area contributed by atoms with Gasteiger partial charge in [-0.2, -0.15) is 0 Å². The Kier molecular flexibility index (Phi) is 4.23. The minimum Gasteiger partial charge on any atom is -0.469 e. The highest BCUT2D eigenvalue weighted by atomic mass is 16.3. The van der Waals surface area contributed by atoms with Crippen LogP contribution in [0.5, 0.6) is 0 Å². The van der Waals surface area contributed by atoms with E-state index >= 15 is 0 Å². The molecule has 1 saturated heterocycles. The van der Waals surface area contributed by atoms with E-state index in [1.54, 1.807) is 6.26 Å². The molecule has 100 valence electrons. The summed E-state index contributed by atoms with van der Waals surface area (Å²) in [4.78, 5) is 15.1. The van der Waals surface area contributed by atoms with Gasteiger partial charge in [0.15, 0.2) is 5.78 Å². The van der Waals surface area contributed by atoms with Crippen LogP contribution in [-0.2, 0) is 11.2 Å². The van der Waals surface area contributed by atoms with Crippen molar-refractivity contribution in [3.05, 3.63) is 24.2 Å². The van der Waals surface area contributed by atoms with E-state index in [0.717, 1.165) is 31.7 Å². The lowest BCUT2D eigenvalue weighted by Crippen LogP contribution is -2.53. The van der Waals surface area contributed by atoms with Gasteiger partial charge in [0.05, 0.1) is 18.2 Å². The maximum atomic E-state index is 12.7. The summed E-state index contributed by atoms with van der Waals surface area (Å²) < 4.78 is 5.31. The molecular weight excluding hydrogens is 226 g/mol. The van der Waals surface area contributed by atoms with E-state index < -0.39 is 0 Å². The van der Waals surface area contributed by atoms with Crippen LogP contribution in [0.25, 0.3) is 0 Å². The first kappa shape index (κ1) is 13.3. The second-order valence-corrected chi connectivity index (χ2v) is 5.11. The average Bonchev–Trinajstić information content (AvgIpc) is 3.04. The van der Waals surface area contributed by atoms with E-state index in [9.17, 15) is 4.79 Å². The Bertz CT molecular complexity index is 373. The molecule has 0 bridgehead atoms. The van der Waals surface area contributed by atoms with Crippen molar-refractivity contribution in [1.29, 1.82) is 0 Å². The summed E-state index contributed by atoms with van der Waals surface area (Å²) in [6.07, 6.45) is 6.28. The normalized spacial score (nSPS) is 17.2. The van der Waals surface area contributed by atoms with E-state index in [2.05, 4.69) is 18.7 Å². The number of likely N-dealkylation sites (tertiary alicyclic amines) is 1. The highest BCUT2D eigenvalue weighted by Gasteiger charge is 2.41. The first-order valence-electron chi connectivity index (χ1n) is 7.03. The molecule has 0 aromatic carbocycles. The largest absolute Gasteiger partial charge is 0.469 e. The monoisotopic (exact) mass is 249 g/mol. The number of ketones is 1. The molecule has 1 aliphatic rings. The molecule has 0 unspecified atom stereocenters. The van der Waals surface area contributed by atoms with Gasteiger partial charge in [0.2, 0.25) is 0 Å². The van der Waals surface area contributed by atoms with Crippen molar-refractivity contribution in [2.24, 2.45) is 0 Å². The molecule has 0 N–H and O–H groups in total. The second-order valence-electron chi connectivity index (χ2n) is 5.11. The van der Waals surface area contributed by atoms with Gasteiger partial charge >= 0.3 is 0 Å². The smallest absolute Gasteiger partial charge is 0.160 e. The van der Waals surface area contributed by atoms with E-state index in [4.69, 9.17) is 4.42 Å². The van der Waals surface area contributed by atoms with Gasteiger partial charge in [0.25, 0.3) is 0 Å². The molecule has 3 nitrogen and oxygen atoms in total. The van der Waals surface area contributed by atoms with Crippen LogP contribution in [0.1, 0.15) is 45.3 Å². The number of hydrogen-bond donors (Lipinski definition) is 0. The highest BCUT2D eigenvalue weighted by Crippen LogP contribution is 2.30. The summed E-state index contributed by atoms with van der Waals surface area (Å²) in [6, 6.07) is 3.73. The molecule has 1 aromatic heterocycles. The Balaban J connectivity index is 2.15. The van der Waals surface area contributed by atoms with Gasteiger partial charge in [0.1, 0.15) is 5.76 Å². The van der Waals surface area contributed by atoms with Gasteiger partial charge in [-0.05, 0) is 50.9 Å². The quantitative estimate of drug-likeness (QED) is 0.777. The highest BCUT2D eigenvalue weighted by molar-refractivity contribution is 5.89. The van der Waals surface area contributed by atoms with Gasteiger partial charge in [-0.3, -0.25) is 9.69 Å². The molecule has 0 saturated carbocycles. The van der Waals surface area contributed by atoms with E-state index in [1.165, 1.54) is 12.8 Å². The van der Waals surface area contributed by atoms with Crippen molar-refractivity contribution in [2.45, 2.75) is 51.5 Å². The molecule has 1 fully saturated rings. The number of hydrogen-bond acceptors (Lipinski definition) is 3. The van der Waals surface area contributed by atoms with Crippen LogP contribution >= 0.6 is 0 Å². The summed E-state index contributed by atoms with van der Waals surface area (Å²) in [6.45, 7) is 6.38. The van der Waals surface area contributed by atoms with Crippen molar-refractivity contribution >= 4 is 5.78 Å². The fraction of sp³-hybridized carbons (Fsp3) is 0.667. The molecular formula is C15H23NO2. The molecule has 0 radical (unpaired) electrons. The SMILES string of the molecule is CCC(CC)(C(=O)Cc1ccco1)N1CCCC1. The summed E-state index contributed by atoms with van der Waals surface area (Å²) >= 11 is 0. The molecule has 2 rings (SSSR count). The molecule has 3 heteroatoms. The number of carbonyl (C=O) groups excluding carboxylic acids is 1. The number of nitrogens with zero attached hydrogens (tertiary/aromatic N) is 1. The maximum Gasteiger partial charge on any atom is 0.160 e. The zero-order valence-electron chi connectivity index (χ0n) is 11.4. The molecule has 0 spiro atoms. The van der Waals surface area contributed by atoms with Gasteiger partial charge in [-0.1, -0.05) is 13.8 Å². The first-order chi connectivity index (χ1) is 8.73. The molecule has 18 heavy (non-hydrogen) atoms. The Morgan fingerprint density at radius 2 is 2.00 bits per heavy atom. The fourth-order valence-corrected chi connectivity index (χ4v) is 3.15. The van der Waals surface area contributed by atoms with Gasteiger partial charge in [0, 0.05) is 0 Å². The zero-order valence-corrected chi connectivity index (χ0v) is 11.4. The van der Waals surface area contributed by atoms with Crippen LogP contribution in [0.15, 0.2) is 22.8 Å². The van der Waals surface area contributed by atoms with Gasteiger partial charge in [-0.15, -0.1) is 0 Å². The third kappa shape index (κ3) is 2.37. The lowest BCUT2D eigenvalue weighted by atomic mass is 9.84. The predicted octanol–water partition coefficient (Wildman–Crippen LogP) is 3.05. The van der Waals surface area contributed by atoms with Crippen LogP contribution in [0, 0.1) is 0 Å². The molecule has 1 aliphatic heterocycles. The van der Waals surface area contributed by atoms with Crippen LogP contribution in [0.3, 0.4) is 0 Å². The van der Waals surface area contributed by atoms with Crippen molar-refractivity contribution in [3.8, 4) is 0 Å². The number of rotatable bonds is 6. The Morgan fingerprint density at radius 3 is 2.50 bits per heavy atom. The lowest BCUT2D eigenvalue weighted by Gasteiger charge is -2.39. The summed E-state index contributed by atoms with van der Waals surface area (Å²) in [5, 5.41) is 0. The van der Waals surface area contributed by atoms with Gasteiger partial charge in [-0.25, -0.2) is 0 Å². The molecule has 0 amide bonds. The van der Waals surface area contributed by atoms with Crippen molar-refractivity contribution in [3.63, 3.8) is 0 Å². The minimum absolute atomic E-state index is 0.275. The Hall–Kier alpha value is -1.09. The topological polar surface area (TPSA) is 33.5 Å². The standard InChI is InChI=1S/C15H23NO2/c1-3-15(4-2,16-9-5-6-10-16)14(17)12-13-8-7-11-18-13/h7-8,11H,3-6,9-10,12H2,1-2H3. The average molecular weight is 249 g/mol. The number of furan rings is 1. The van der Waals surface area contributed by atoms with Crippen molar-refractivity contribution < 1.29 is 9.21 Å². The summed E-state index contributed by atoms with van der Waals surface area (Å²) in [5.41, 5.74) is -0.275. The van der Waals surface area contributed by atoms with E-state index in [0.29, 0.717) is 12.2 Å². The minimum atomic E-state index is -0.275. The molecule has 0 atom stereocenters. The van der Waals surface area contributed by atoms with E-state index in [-0.39, 0.29) is 5.54 Å². The van der Waals surface area contributed by atoms with Gasteiger partial charge < -0.3 is 4.42 Å². The molecule has 0 aliphatic carbocycles. The number of Topliss-reactive ketones (excluding diaryl/α,β-unsaturated/α-hetero) is 1. The third-order valence-electron chi connectivity index (χ3n) is 4.32. The van der Waals surface area contributed by atoms with Crippen LogP contribution in [0.2, 0.25) is 0 Å². The van der Waals surface area contributed by atoms with E-state index in [1.807, 2.05) is 12.1 Å². The van der Waals surface area contributed by atoms with Crippen LogP contribution in [0.4, 0.5) is 0 Å². The van der Waals surface area contributed by atoms with Crippen molar-refractivity contribution in [1.82, 2.24) is 4.90 Å². The predicted molar refractivity (Wildman–Crippen MR) is 71.5 cm³/mol. The summed E-state index contributed by atoms with van der Waals surface area (Å²) in [7, 11) is 0. The zero-order chi connectivity index (χ0) is 13.0.